The smallest absolute Gasteiger partial charge is 0.292 e. The highest BCUT2D eigenvalue weighted by Gasteiger charge is 2.26. The first-order valence-electron chi connectivity index (χ1n) is 5.57. The summed E-state index contributed by atoms with van der Waals surface area (Å²) in [6.07, 6.45) is 8.75. The first-order valence-corrected chi connectivity index (χ1v) is 5.95. The minimum atomic E-state index is -0.255. The highest BCUT2D eigenvalue weighted by atomic mass is 35.5. The lowest BCUT2D eigenvalue weighted by Crippen LogP contribution is -2.37. The summed E-state index contributed by atoms with van der Waals surface area (Å²) in [5.41, 5.74) is 0.156. The molecule has 1 heterocycles. The average Bonchev–Trinajstić information content (AvgIpc) is 2.25. The van der Waals surface area contributed by atoms with Crippen molar-refractivity contribution in [3.8, 4) is 12.3 Å². The number of terminal acetylenes is 1. The lowest BCUT2D eigenvalue weighted by molar-refractivity contribution is 0.309. The van der Waals surface area contributed by atoms with Crippen molar-refractivity contribution < 1.29 is 0 Å². The average molecular weight is 252 g/mol. The molecule has 0 unspecified atom stereocenters. The van der Waals surface area contributed by atoms with E-state index in [0.29, 0.717) is 22.7 Å². The van der Waals surface area contributed by atoms with Crippen LogP contribution in [0.25, 0.3) is 0 Å². The lowest BCUT2D eigenvalue weighted by atomic mass is 9.82. The fraction of sp³-hybridized carbons (Fsp3) is 0.500. The summed E-state index contributed by atoms with van der Waals surface area (Å²) in [5.74, 6) is 3.10. The molecule has 17 heavy (non-hydrogen) atoms. The van der Waals surface area contributed by atoms with Crippen molar-refractivity contribution in [2.45, 2.75) is 32.4 Å². The molecule has 0 aliphatic heterocycles. The number of halogens is 1. The Morgan fingerprint density at radius 1 is 1.71 bits per heavy atom. The molecule has 1 aromatic heterocycles. The van der Waals surface area contributed by atoms with Crippen LogP contribution in [0.1, 0.15) is 19.8 Å². The van der Waals surface area contributed by atoms with Gasteiger partial charge in [-0.1, -0.05) is 24.4 Å². The van der Waals surface area contributed by atoms with Gasteiger partial charge in [-0.15, -0.1) is 6.42 Å². The summed E-state index contributed by atoms with van der Waals surface area (Å²) in [4.78, 5) is 12.0. The van der Waals surface area contributed by atoms with Gasteiger partial charge in [0, 0.05) is 6.04 Å². The lowest BCUT2D eigenvalue weighted by Gasteiger charge is -2.34. The Balaban J connectivity index is 2.23. The second-order valence-corrected chi connectivity index (χ2v) is 4.86. The summed E-state index contributed by atoms with van der Waals surface area (Å²) in [7, 11) is 0. The van der Waals surface area contributed by atoms with Crippen molar-refractivity contribution in [2.24, 2.45) is 5.92 Å². The number of rotatable bonds is 3. The Morgan fingerprint density at radius 3 is 3.00 bits per heavy atom. The van der Waals surface area contributed by atoms with Crippen LogP contribution < -0.4 is 10.9 Å². The minimum Gasteiger partial charge on any atom is -0.377 e. The normalized spacial score (nSPS) is 22.6. The van der Waals surface area contributed by atoms with E-state index in [1.165, 1.54) is 10.9 Å². The summed E-state index contributed by atoms with van der Waals surface area (Å²) >= 11 is 5.97. The van der Waals surface area contributed by atoms with E-state index in [2.05, 4.69) is 23.3 Å². The number of hydrogen-bond acceptors (Lipinski definition) is 3. The Bertz CT molecular complexity index is 511. The number of hydrogen-bond donors (Lipinski definition) is 1. The van der Waals surface area contributed by atoms with Gasteiger partial charge in [-0.25, -0.2) is 4.68 Å². The maximum atomic E-state index is 12.0. The van der Waals surface area contributed by atoms with Crippen LogP contribution in [0.4, 0.5) is 5.69 Å². The van der Waals surface area contributed by atoms with Crippen LogP contribution in [0, 0.1) is 18.3 Å². The highest BCUT2D eigenvalue weighted by Crippen LogP contribution is 2.30. The molecule has 90 valence electrons. The molecule has 0 spiro atoms. The van der Waals surface area contributed by atoms with Gasteiger partial charge in [0.1, 0.15) is 12.2 Å². The first-order chi connectivity index (χ1) is 8.11. The van der Waals surface area contributed by atoms with Crippen LogP contribution in [-0.2, 0) is 6.54 Å². The van der Waals surface area contributed by atoms with Crippen LogP contribution in [0.5, 0.6) is 0 Å². The predicted molar refractivity (Wildman–Crippen MR) is 68.1 cm³/mol. The van der Waals surface area contributed by atoms with E-state index in [9.17, 15) is 4.79 Å². The van der Waals surface area contributed by atoms with Gasteiger partial charge in [-0.2, -0.15) is 5.10 Å². The molecule has 0 radical (unpaired) electrons. The molecule has 0 aromatic carbocycles. The molecule has 0 saturated heterocycles. The topological polar surface area (TPSA) is 46.9 Å². The van der Waals surface area contributed by atoms with Gasteiger partial charge in [0.2, 0.25) is 0 Å². The van der Waals surface area contributed by atoms with E-state index >= 15 is 0 Å². The predicted octanol–water partition coefficient (Wildman–Crippen LogP) is 1.74. The second kappa shape index (κ2) is 4.80. The molecule has 1 N–H and O–H groups in total. The third kappa shape index (κ3) is 2.45. The fourth-order valence-corrected chi connectivity index (χ4v) is 2.20. The summed E-state index contributed by atoms with van der Waals surface area (Å²) < 4.78 is 1.23. The first kappa shape index (κ1) is 12.0. The van der Waals surface area contributed by atoms with Gasteiger partial charge in [-0.05, 0) is 18.8 Å². The van der Waals surface area contributed by atoms with Gasteiger partial charge in [-0.3, -0.25) is 4.79 Å². The van der Waals surface area contributed by atoms with Crippen molar-refractivity contribution >= 4 is 17.3 Å². The van der Waals surface area contributed by atoms with Crippen LogP contribution >= 0.6 is 11.6 Å². The molecule has 0 amide bonds. The molecular weight excluding hydrogens is 238 g/mol. The van der Waals surface area contributed by atoms with Crippen molar-refractivity contribution in [1.29, 1.82) is 0 Å². The molecule has 5 heteroatoms. The van der Waals surface area contributed by atoms with Gasteiger partial charge in [0.05, 0.1) is 11.2 Å². The number of aromatic nitrogens is 2. The zero-order valence-corrected chi connectivity index (χ0v) is 10.4. The summed E-state index contributed by atoms with van der Waals surface area (Å²) in [6.45, 7) is 2.34. The maximum absolute atomic E-state index is 12.0. The standard InChI is InChI=1S/C12H14ClN3O/c1-3-4-16-12(17)11(10(13)7-14-16)15-9-5-8(2)6-9/h1,7-9,15H,4-6H2,2H3. The van der Waals surface area contributed by atoms with Crippen LogP contribution in [-0.4, -0.2) is 15.8 Å². The third-order valence-corrected chi connectivity index (χ3v) is 3.25. The maximum Gasteiger partial charge on any atom is 0.292 e. The molecule has 1 aliphatic carbocycles. The van der Waals surface area contributed by atoms with Crippen LogP contribution in [0.2, 0.25) is 5.02 Å². The van der Waals surface area contributed by atoms with Gasteiger partial charge >= 0.3 is 0 Å². The largest absolute Gasteiger partial charge is 0.377 e. The Hall–Kier alpha value is -1.47. The molecule has 1 aliphatic rings. The SMILES string of the molecule is C#CCn1ncc(Cl)c(NC2CC(C)C2)c1=O. The number of anilines is 1. The van der Waals surface area contributed by atoms with E-state index in [4.69, 9.17) is 18.0 Å². The fourth-order valence-electron chi connectivity index (χ4n) is 2.02. The molecule has 1 saturated carbocycles. The van der Waals surface area contributed by atoms with Crippen molar-refractivity contribution in [2.75, 3.05) is 5.32 Å². The van der Waals surface area contributed by atoms with Crippen molar-refractivity contribution in [1.82, 2.24) is 9.78 Å². The summed E-state index contributed by atoms with van der Waals surface area (Å²) in [5, 5.41) is 7.40. The Labute approximate surface area is 105 Å². The van der Waals surface area contributed by atoms with Crippen molar-refractivity contribution in [3.05, 3.63) is 21.6 Å². The summed E-state index contributed by atoms with van der Waals surface area (Å²) in [6, 6.07) is 0.330. The molecule has 4 nitrogen and oxygen atoms in total. The van der Waals surface area contributed by atoms with E-state index < -0.39 is 0 Å². The Morgan fingerprint density at radius 2 is 2.41 bits per heavy atom. The second-order valence-electron chi connectivity index (χ2n) is 4.45. The van der Waals surface area contributed by atoms with Crippen LogP contribution in [0.3, 0.4) is 0 Å². The van der Waals surface area contributed by atoms with Gasteiger partial charge in [0.15, 0.2) is 0 Å². The van der Waals surface area contributed by atoms with E-state index in [0.717, 1.165) is 12.8 Å². The van der Waals surface area contributed by atoms with E-state index in [-0.39, 0.29) is 12.1 Å². The third-order valence-electron chi connectivity index (χ3n) is 2.96. The number of nitrogens with zero attached hydrogens (tertiary/aromatic N) is 2. The van der Waals surface area contributed by atoms with E-state index in [1.807, 2.05) is 0 Å². The molecule has 1 fully saturated rings. The highest BCUT2D eigenvalue weighted by molar-refractivity contribution is 6.33. The molecular formula is C12H14ClN3O. The van der Waals surface area contributed by atoms with E-state index in [1.54, 1.807) is 0 Å². The van der Waals surface area contributed by atoms with Crippen LogP contribution in [0.15, 0.2) is 11.0 Å². The molecule has 2 rings (SSSR count). The monoisotopic (exact) mass is 251 g/mol. The zero-order valence-electron chi connectivity index (χ0n) is 9.61. The quantitative estimate of drug-likeness (QED) is 0.833. The number of nitrogens with one attached hydrogen (secondary N) is 1. The van der Waals surface area contributed by atoms with Gasteiger partial charge in [0.25, 0.3) is 5.56 Å². The zero-order chi connectivity index (χ0) is 12.4. The van der Waals surface area contributed by atoms with Crippen molar-refractivity contribution in [3.63, 3.8) is 0 Å². The molecule has 0 atom stereocenters. The minimum absolute atomic E-state index is 0.158. The molecule has 1 aromatic rings. The van der Waals surface area contributed by atoms with Gasteiger partial charge < -0.3 is 5.32 Å². The Kier molecular flexibility index (Phi) is 3.39. The molecule has 0 bridgehead atoms.